The molecule has 1 aliphatic rings. The first-order valence-corrected chi connectivity index (χ1v) is 5.69. The summed E-state index contributed by atoms with van der Waals surface area (Å²) < 4.78 is 19.5. The van der Waals surface area contributed by atoms with E-state index < -0.39 is 11.1 Å². The average Bonchev–Trinajstić information content (AvgIpc) is 2.52. The lowest BCUT2D eigenvalue weighted by molar-refractivity contribution is -0.124. The van der Waals surface area contributed by atoms with Gasteiger partial charge in [0.05, 0.1) is 5.25 Å². The first-order chi connectivity index (χ1) is 6.15. The number of hydrogen-bond donors (Lipinski definition) is 2. The zero-order chi connectivity index (χ0) is 9.84. The van der Waals surface area contributed by atoms with Crippen LogP contribution >= 0.6 is 0 Å². The van der Waals surface area contributed by atoms with Crippen molar-refractivity contribution < 1.29 is 13.6 Å². The number of carbonyl (C=O) groups excluding carboxylic acids is 1. The second-order valence-corrected chi connectivity index (χ2v) is 4.52. The van der Waals surface area contributed by atoms with Gasteiger partial charge in [0.15, 0.2) is 11.1 Å². The fourth-order valence-corrected chi connectivity index (χ4v) is 2.41. The number of rotatable bonds is 3. The summed E-state index contributed by atoms with van der Waals surface area (Å²) in [6, 6.07) is 0. The van der Waals surface area contributed by atoms with E-state index >= 15 is 0 Å². The molecule has 1 fully saturated rings. The topological polar surface area (TPSA) is 66.4 Å². The van der Waals surface area contributed by atoms with Gasteiger partial charge in [-0.05, 0) is 26.2 Å². The average molecular weight is 205 g/mol. The number of amides is 1. The van der Waals surface area contributed by atoms with Gasteiger partial charge in [0.25, 0.3) is 0 Å². The van der Waals surface area contributed by atoms with Crippen LogP contribution in [0.4, 0.5) is 0 Å². The lowest BCUT2D eigenvalue weighted by Crippen LogP contribution is -2.29. The molecule has 3 atom stereocenters. The molecule has 1 aliphatic carbocycles. The van der Waals surface area contributed by atoms with E-state index in [1.807, 2.05) is 6.92 Å². The van der Waals surface area contributed by atoms with Crippen LogP contribution in [0.1, 0.15) is 26.2 Å². The monoisotopic (exact) mass is 205 g/mol. The molecular formula is C8H15NO3S. The molecule has 76 valence electrons. The Balaban J connectivity index is 2.40. The van der Waals surface area contributed by atoms with E-state index in [-0.39, 0.29) is 17.1 Å². The molecule has 0 aromatic heterocycles. The van der Waals surface area contributed by atoms with Crippen molar-refractivity contribution in [3.05, 3.63) is 0 Å². The molecule has 3 unspecified atom stereocenters. The Kier molecular flexibility index (Phi) is 3.87. The third-order valence-corrected chi connectivity index (χ3v) is 3.39. The summed E-state index contributed by atoms with van der Waals surface area (Å²) >= 11 is -1.76. The molecule has 0 radical (unpaired) electrons. The van der Waals surface area contributed by atoms with E-state index in [0.717, 1.165) is 6.42 Å². The molecule has 1 rings (SSSR count). The summed E-state index contributed by atoms with van der Waals surface area (Å²) in [7, 11) is 0. The molecule has 1 amide bonds. The van der Waals surface area contributed by atoms with Gasteiger partial charge >= 0.3 is 0 Å². The first kappa shape index (κ1) is 10.7. The highest BCUT2D eigenvalue weighted by molar-refractivity contribution is 7.79. The van der Waals surface area contributed by atoms with Crippen LogP contribution in [-0.4, -0.2) is 26.5 Å². The minimum absolute atomic E-state index is 0.0236. The lowest BCUT2D eigenvalue weighted by Gasteiger charge is -2.08. The molecule has 4 nitrogen and oxygen atoms in total. The van der Waals surface area contributed by atoms with E-state index in [4.69, 9.17) is 4.55 Å². The Morgan fingerprint density at radius 2 is 2.31 bits per heavy atom. The molecule has 5 heteroatoms. The van der Waals surface area contributed by atoms with Crippen LogP contribution in [0.15, 0.2) is 0 Å². The van der Waals surface area contributed by atoms with Gasteiger partial charge in [0.2, 0.25) is 5.91 Å². The van der Waals surface area contributed by atoms with Crippen molar-refractivity contribution in [2.24, 2.45) is 5.92 Å². The van der Waals surface area contributed by atoms with Crippen LogP contribution < -0.4 is 5.32 Å². The van der Waals surface area contributed by atoms with Crippen LogP contribution in [-0.2, 0) is 15.9 Å². The molecule has 0 bridgehead atoms. The van der Waals surface area contributed by atoms with Crippen LogP contribution in [0.2, 0.25) is 0 Å². The predicted molar refractivity (Wildman–Crippen MR) is 50.6 cm³/mol. The Labute approximate surface area is 80.4 Å². The van der Waals surface area contributed by atoms with Gasteiger partial charge < -0.3 is 9.87 Å². The Morgan fingerprint density at radius 1 is 1.62 bits per heavy atom. The number of nitrogens with one attached hydrogen (secondary N) is 1. The summed E-state index contributed by atoms with van der Waals surface area (Å²) in [4.78, 5) is 11.3. The standard InChI is InChI=1S/C8H15NO3S/c1-2-9-8(10)6-3-4-7(5-6)13(11)12/h6-7H,2-5H2,1H3,(H,9,10)(H,11,12). The van der Waals surface area contributed by atoms with Crippen molar-refractivity contribution in [1.29, 1.82) is 0 Å². The SMILES string of the molecule is CCNC(=O)C1CCC(S(=O)O)C1. The molecule has 1 saturated carbocycles. The van der Waals surface area contributed by atoms with Gasteiger partial charge in [0.1, 0.15) is 0 Å². The Bertz CT molecular complexity index is 219. The van der Waals surface area contributed by atoms with Crippen molar-refractivity contribution >= 4 is 17.0 Å². The van der Waals surface area contributed by atoms with Gasteiger partial charge in [0, 0.05) is 12.5 Å². The summed E-state index contributed by atoms with van der Waals surface area (Å²) in [5.74, 6) is -0.0310. The Hall–Kier alpha value is -0.420. The van der Waals surface area contributed by atoms with Crippen molar-refractivity contribution in [1.82, 2.24) is 5.32 Å². The first-order valence-electron chi connectivity index (χ1n) is 4.52. The maximum absolute atomic E-state index is 11.3. The second-order valence-electron chi connectivity index (χ2n) is 3.30. The summed E-state index contributed by atoms with van der Waals surface area (Å²) in [5, 5.41) is 2.53. The zero-order valence-corrected chi connectivity index (χ0v) is 8.47. The van der Waals surface area contributed by atoms with Gasteiger partial charge in [-0.3, -0.25) is 4.79 Å². The molecular weight excluding hydrogens is 190 g/mol. The molecule has 0 aromatic carbocycles. The maximum atomic E-state index is 11.3. The molecule has 0 saturated heterocycles. The van der Waals surface area contributed by atoms with Crippen LogP contribution in [0.3, 0.4) is 0 Å². The van der Waals surface area contributed by atoms with Crippen LogP contribution in [0.25, 0.3) is 0 Å². The third kappa shape index (κ3) is 2.77. The summed E-state index contributed by atoms with van der Waals surface area (Å²) in [5.41, 5.74) is 0. The highest BCUT2D eigenvalue weighted by Gasteiger charge is 2.32. The summed E-state index contributed by atoms with van der Waals surface area (Å²) in [6.07, 6.45) is 1.97. The van der Waals surface area contributed by atoms with E-state index in [0.29, 0.717) is 19.4 Å². The highest BCUT2D eigenvalue weighted by Crippen LogP contribution is 2.28. The third-order valence-electron chi connectivity index (χ3n) is 2.39. The lowest BCUT2D eigenvalue weighted by atomic mass is 10.1. The minimum atomic E-state index is -1.76. The van der Waals surface area contributed by atoms with Gasteiger partial charge in [-0.2, -0.15) is 0 Å². The fraction of sp³-hybridized carbons (Fsp3) is 0.875. The molecule has 0 aliphatic heterocycles. The molecule has 0 heterocycles. The number of carbonyl (C=O) groups is 1. The van der Waals surface area contributed by atoms with Gasteiger partial charge in [-0.25, -0.2) is 4.21 Å². The smallest absolute Gasteiger partial charge is 0.223 e. The molecule has 13 heavy (non-hydrogen) atoms. The van der Waals surface area contributed by atoms with Gasteiger partial charge in [-0.15, -0.1) is 0 Å². The van der Waals surface area contributed by atoms with Crippen molar-refractivity contribution in [2.45, 2.75) is 31.4 Å². The van der Waals surface area contributed by atoms with E-state index in [1.54, 1.807) is 0 Å². The second kappa shape index (κ2) is 4.72. The minimum Gasteiger partial charge on any atom is -0.356 e. The van der Waals surface area contributed by atoms with Crippen molar-refractivity contribution in [2.75, 3.05) is 6.54 Å². The predicted octanol–water partition coefficient (Wildman–Crippen LogP) is 0.513. The van der Waals surface area contributed by atoms with E-state index in [2.05, 4.69) is 5.32 Å². The van der Waals surface area contributed by atoms with Gasteiger partial charge in [-0.1, -0.05) is 0 Å². The van der Waals surface area contributed by atoms with Crippen molar-refractivity contribution in [3.8, 4) is 0 Å². The normalized spacial score (nSPS) is 30.0. The largest absolute Gasteiger partial charge is 0.356 e. The van der Waals surface area contributed by atoms with Crippen LogP contribution in [0, 0.1) is 5.92 Å². The van der Waals surface area contributed by atoms with E-state index in [9.17, 15) is 9.00 Å². The molecule has 0 spiro atoms. The number of hydrogen-bond acceptors (Lipinski definition) is 2. The van der Waals surface area contributed by atoms with Crippen LogP contribution in [0.5, 0.6) is 0 Å². The molecule has 0 aromatic rings. The Morgan fingerprint density at radius 3 is 2.77 bits per heavy atom. The summed E-state index contributed by atoms with van der Waals surface area (Å²) in [6.45, 7) is 2.50. The zero-order valence-electron chi connectivity index (χ0n) is 7.66. The quantitative estimate of drug-likeness (QED) is 0.660. The van der Waals surface area contributed by atoms with E-state index in [1.165, 1.54) is 0 Å². The molecule has 2 N–H and O–H groups in total. The van der Waals surface area contributed by atoms with Crippen molar-refractivity contribution in [3.63, 3.8) is 0 Å². The fourth-order valence-electron chi connectivity index (χ4n) is 1.68. The maximum Gasteiger partial charge on any atom is 0.223 e. The highest BCUT2D eigenvalue weighted by atomic mass is 32.2.